The Morgan fingerprint density at radius 3 is 2.50 bits per heavy atom. The van der Waals surface area contributed by atoms with Crippen LogP contribution in [0.2, 0.25) is 0 Å². The van der Waals surface area contributed by atoms with Crippen molar-refractivity contribution >= 4 is 17.8 Å². The zero-order valence-electron chi connectivity index (χ0n) is 18.8. The second-order valence-electron chi connectivity index (χ2n) is 8.80. The Kier molecular flexibility index (Phi) is 9.15. The van der Waals surface area contributed by atoms with Crippen LogP contribution in [0.25, 0.3) is 0 Å². The molecule has 0 bridgehead atoms. The van der Waals surface area contributed by atoms with Crippen LogP contribution < -0.4 is 16.0 Å². The summed E-state index contributed by atoms with van der Waals surface area (Å²) in [5.74, 6) is 1.21. The van der Waals surface area contributed by atoms with Crippen LogP contribution in [-0.2, 0) is 16.0 Å². The molecule has 7 heteroatoms. The van der Waals surface area contributed by atoms with E-state index in [-0.39, 0.29) is 23.1 Å². The number of rotatable bonds is 9. The lowest BCUT2D eigenvalue weighted by atomic mass is 9.96. The number of likely N-dealkylation sites (tertiary alicyclic amines) is 1. The molecule has 1 aliphatic rings. The molecule has 1 aromatic carbocycles. The fraction of sp³-hybridized carbons (Fsp3) is 0.609. The zero-order valence-corrected chi connectivity index (χ0v) is 18.8. The Morgan fingerprint density at radius 1 is 1.13 bits per heavy atom. The van der Waals surface area contributed by atoms with Gasteiger partial charge in [-0.2, -0.15) is 0 Å². The summed E-state index contributed by atoms with van der Waals surface area (Å²) in [7, 11) is 0. The highest BCUT2D eigenvalue weighted by molar-refractivity contribution is 5.82. The first-order valence-electron chi connectivity index (χ1n) is 10.9. The van der Waals surface area contributed by atoms with E-state index in [1.807, 2.05) is 50.8 Å². The van der Waals surface area contributed by atoms with E-state index in [1.165, 1.54) is 5.56 Å². The number of nitrogens with zero attached hydrogens (tertiary/aromatic N) is 2. The van der Waals surface area contributed by atoms with Gasteiger partial charge < -0.3 is 20.9 Å². The number of guanidine groups is 1. The van der Waals surface area contributed by atoms with Crippen molar-refractivity contribution in [2.24, 2.45) is 16.3 Å². The van der Waals surface area contributed by atoms with E-state index >= 15 is 0 Å². The van der Waals surface area contributed by atoms with Crippen LogP contribution in [0.15, 0.2) is 35.3 Å². The number of aliphatic imine (C=N–C) groups is 1. The molecule has 30 heavy (non-hydrogen) atoms. The molecule has 166 valence electrons. The van der Waals surface area contributed by atoms with Gasteiger partial charge in [0.25, 0.3) is 0 Å². The smallest absolute Gasteiger partial charge is 0.225 e. The fourth-order valence-electron chi connectivity index (χ4n) is 3.29. The molecule has 0 aromatic heterocycles. The molecule has 2 rings (SSSR count). The van der Waals surface area contributed by atoms with Crippen molar-refractivity contribution in [3.8, 4) is 0 Å². The van der Waals surface area contributed by atoms with Gasteiger partial charge in [-0.25, -0.2) is 0 Å². The average molecular weight is 416 g/mol. The highest BCUT2D eigenvalue weighted by atomic mass is 16.2. The molecule has 1 heterocycles. The zero-order chi connectivity index (χ0) is 22.0. The second-order valence-corrected chi connectivity index (χ2v) is 8.80. The Labute approximate surface area is 180 Å². The van der Waals surface area contributed by atoms with Crippen LogP contribution in [0.4, 0.5) is 0 Å². The lowest BCUT2D eigenvalue weighted by Gasteiger charge is -2.18. The monoisotopic (exact) mass is 415 g/mol. The van der Waals surface area contributed by atoms with Gasteiger partial charge in [0.2, 0.25) is 11.8 Å². The lowest BCUT2D eigenvalue weighted by molar-refractivity contribution is -0.128. The Hall–Kier alpha value is -2.57. The molecule has 1 unspecified atom stereocenters. The van der Waals surface area contributed by atoms with Gasteiger partial charge >= 0.3 is 0 Å². The molecule has 1 aliphatic heterocycles. The molecule has 0 radical (unpaired) electrons. The molecule has 0 saturated carbocycles. The summed E-state index contributed by atoms with van der Waals surface area (Å²) in [6.07, 6.45) is 1.44. The minimum absolute atomic E-state index is 0.0336. The van der Waals surface area contributed by atoms with Crippen LogP contribution in [-0.4, -0.2) is 61.9 Å². The lowest BCUT2D eigenvalue weighted by Crippen LogP contribution is -2.43. The molecule has 1 aromatic rings. The highest BCUT2D eigenvalue weighted by Crippen LogP contribution is 2.18. The summed E-state index contributed by atoms with van der Waals surface area (Å²) in [4.78, 5) is 30.9. The molecule has 1 atom stereocenters. The van der Waals surface area contributed by atoms with Gasteiger partial charge in [-0.1, -0.05) is 51.1 Å². The van der Waals surface area contributed by atoms with Crippen molar-refractivity contribution in [2.45, 2.75) is 40.5 Å². The van der Waals surface area contributed by atoms with Gasteiger partial charge in [0.05, 0.1) is 0 Å². The van der Waals surface area contributed by atoms with Crippen molar-refractivity contribution in [1.29, 1.82) is 0 Å². The number of carbonyl (C=O) groups excluding carboxylic acids is 2. The molecule has 1 fully saturated rings. The van der Waals surface area contributed by atoms with Gasteiger partial charge in [-0.15, -0.1) is 0 Å². The first kappa shape index (κ1) is 23.7. The molecule has 7 nitrogen and oxygen atoms in total. The molecule has 2 amide bonds. The molecular weight excluding hydrogens is 378 g/mol. The van der Waals surface area contributed by atoms with Crippen molar-refractivity contribution in [3.63, 3.8) is 0 Å². The first-order chi connectivity index (χ1) is 14.3. The summed E-state index contributed by atoms with van der Waals surface area (Å²) < 4.78 is 0. The summed E-state index contributed by atoms with van der Waals surface area (Å²) in [5, 5.41) is 9.39. The standard InChI is InChI=1S/C23H37N5O2/c1-5-24-22(26-13-12-25-21(30)23(2,3)4)27-16-19-15-20(29)28(17-19)14-11-18-9-7-6-8-10-18/h6-10,19H,5,11-17H2,1-4H3,(H,25,30)(H2,24,26,27). The topological polar surface area (TPSA) is 85.8 Å². The highest BCUT2D eigenvalue weighted by Gasteiger charge is 2.29. The first-order valence-corrected chi connectivity index (χ1v) is 10.9. The van der Waals surface area contributed by atoms with Crippen LogP contribution in [0.3, 0.4) is 0 Å². The van der Waals surface area contributed by atoms with Crippen molar-refractivity contribution in [1.82, 2.24) is 20.9 Å². The van der Waals surface area contributed by atoms with E-state index in [2.05, 4.69) is 33.1 Å². The van der Waals surface area contributed by atoms with Gasteiger partial charge in [-0.05, 0) is 18.9 Å². The number of carbonyl (C=O) groups is 2. The minimum atomic E-state index is -0.389. The van der Waals surface area contributed by atoms with E-state index in [0.717, 1.165) is 32.0 Å². The third-order valence-electron chi connectivity index (χ3n) is 5.04. The maximum atomic E-state index is 12.3. The summed E-state index contributed by atoms with van der Waals surface area (Å²) in [6, 6.07) is 10.3. The maximum Gasteiger partial charge on any atom is 0.225 e. The fourth-order valence-corrected chi connectivity index (χ4v) is 3.29. The van der Waals surface area contributed by atoms with Crippen LogP contribution in [0.5, 0.6) is 0 Å². The Balaban J connectivity index is 1.75. The molecule has 0 spiro atoms. The van der Waals surface area contributed by atoms with E-state index in [4.69, 9.17) is 0 Å². The summed E-state index contributed by atoms with van der Waals surface area (Å²) in [6.45, 7) is 11.7. The van der Waals surface area contributed by atoms with E-state index < -0.39 is 0 Å². The van der Waals surface area contributed by atoms with E-state index in [9.17, 15) is 9.59 Å². The second kappa shape index (κ2) is 11.6. The largest absolute Gasteiger partial charge is 0.357 e. The number of benzene rings is 1. The Morgan fingerprint density at radius 2 is 1.83 bits per heavy atom. The summed E-state index contributed by atoms with van der Waals surface area (Å²) >= 11 is 0. The van der Waals surface area contributed by atoms with Crippen molar-refractivity contribution < 1.29 is 9.59 Å². The third kappa shape index (κ3) is 8.05. The van der Waals surface area contributed by atoms with E-state index in [0.29, 0.717) is 26.1 Å². The normalized spacial score (nSPS) is 17.2. The van der Waals surface area contributed by atoms with Gasteiger partial charge in [-0.3, -0.25) is 14.6 Å². The van der Waals surface area contributed by atoms with E-state index in [1.54, 1.807) is 0 Å². The SMILES string of the molecule is CCNC(=NCC1CC(=O)N(CCc2ccccc2)C1)NCCNC(=O)C(C)(C)C. The van der Waals surface area contributed by atoms with Crippen LogP contribution >= 0.6 is 0 Å². The van der Waals surface area contributed by atoms with Gasteiger partial charge in [0, 0.05) is 57.0 Å². The molecule has 3 N–H and O–H groups in total. The third-order valence-corrected chi connectivity index (χ3v) is 5.04. The molecule has 0 aliphatic carbocycles. The predicted octanol–water partition coefficient (Wildman–Crippen LogP) is 1.79. The van der Waals surface area contributed by atoms with Crippen LogP contribution in [0.1, 0.15) is 39.7 Å². The quantitative estimate of drug-likeness (QED) is 0.326. The van der Waals surface area contributed by atoms with Gasteiger partial charge in [0.1, 0.15) is 0 Å². The van der Waals surface area contributed by atoms with Gasteiger partial charge in [0.15, 0.2) is 5.96 Å². The number of hydrogen-bond donors (Lipinski definition) is 3. The Bertz CT molecular complexity index is 712. The van der Waals surface area contributed by atoms with Crippen LogP contribution in [0, 0.1) is 11.3 Å². The minimum Gasteiger partial charge on any atom is -0.357 e. The number of amides is 2. The predicted molar refractivity (Wildman–Crippen MR) is 121 cm³/mol. The number of nitrogens with one attached hydrogen (secondary N) is 3. The van der Waals surface area contributed by atoms with Crippen molar-refractivity contribution in [2.75, 3.05) is 39.3 Å². The maximum absolute atomic E-state index is 12.3. The van der Waals surface area contributed by atoms with Crippen molar-refractivity contribution in [3.05, 3.63) is 35.9 Å². The summed E-state index contributed by atoms with van der Waals surface area (Å²) in [5.41, 5.74) is 0.865. The average Bonchev–Trinajstić information content (AvgIpc) is 3.07. The molecule has 1 saturated heterocycles. The molecular formula is C23H37N5O2. The number of hydrogen-bond acceptors (Lipinski definition) is 3.